The highest BCUT2D eigenvalue weighted by Gasteiger charge is 2.24. The molecule has 0 aliphatic heterocycles. The molecule has 0 N–H and O–H groups in total. The van der Waals surface area contributed by atoms with Gasteiger partial charge in [0.2, 0.25) is 0 Å². The van der Waals surface area contributed by atoms with Crippen molar-refractivity contribution in [3.63, 3.8) is 0 Å². The van der Waals surface area contributed by atoms with Gasteiger partial charge in [0.1, 0.15) is 0 Å². The first-order valence-electron chi connectivity index (χ1n) is 4.47. The van der Waals surface area contributed by atoms with Gasteiger partial charge >= 0.3 is 9.95 Å². The highest BCUT2D eigenvalue weighted by molar-refractivity contribution is 6.66. The van der Waals surface area contributed by atoms with Gasteiger partial charge < -0.3 is 4.74 Å². The third kappa shape index (κ3) is 6.01. The molecule has 0 saturated carbocycles. The van der Waals surface area contributed by atoms with Gasteiger partial charge in [0, 0.05) is 0 Å². The molecule has 0 bridgehead atoms. The second-order valence-electron chi connectivity index (χ2n) is 2.94. The van der Waals surface area contributed by atoms with E-state index in [4.69, 9.17) is 34.8 Å². The predicted octanol–water partition coefficient (Wildman–Crippen LogP) is 3.96. The van der Waals surface area contributed by atoms with Gasteiger partial charge in [0.05, 0.1) is 6.42 Å². The molecule has 0 aliphatic carbocycles. The van der Waals surface area contributed by atoms with Crippen molar-refractivity contribution in [2.75, 3.05) is 0 Å². The molecule has 0 fully saturated rings. The van der Waals surface area contributed by atoms with Gasteiger partial charge in [-0.05, 0) is 40.4 Å². The Balaban J connectivity index is 2.41. The van der Waals surface area contributed by atoms with E-state index < -0.39 is 9.95 Å². The minimum absolute atomic E-state index is 0.0583. The van der Waals surface area contributed by atoms with Crippen LogP contribution in [0.3, 0.4) is 0 Å². The highest BCUT2D eigenvalue weighted by Crippen LogP contribution is 2.27. The van der Waals surface area contributed by atoms with Gasteiger partial charge in [0.25, 0.3) is 0 Å². The van der Waals surface area contributed by atoms with Gasteiger partial charge in [-0.15, -0.1) is 0 Å². The number of carbonyl (C=O) groups excluding carboxylic acids is 1. The number of alkyl halides is 3. The van der Waals surface area contributed by atoms with Crippen LogP contribution in [-0.4, -0.2) is 9.95 Å². The van der Waals surface area contributed by atoms with Crippen LogP contribution in [-0.2, 0) is 9.53 Å². The van der Waals surface area contributed by atoms with Crippen molar-refractivity contribution in [3.8, 4) is 0 Å². The molecule has 0 saturated heterocycles. The second kappa shape index (κ2) is 6.14. The van der Waals surface area contributed by atoms with Crippen LogP contribution in [0.5, 0.6) is 0 Å². The molecule has 0 unspecified atom stereocenters. The maximum absolute atomic E-state index is 11.1. The fraction of sp³-hybridized carbons (Fsp3) is 0.182. The van der Waals surface area contributed by atoms with E-state index in [1.165, 1.54) is 0 Å². The summed E-state index contributed by atoms with van der Waals surface area (Å²) in [6.07, 6.45) is 3.50. The number of halogens is 3. The summed E-state index contributed by atoms with van der Waals surface area (Å²) in [5.41, 5.74) is 0.990. The average Bonchev–Trinajstić information content (AvgIpc) is 2.16. The van der Waals surface area contributed by atoms with Crippen molar-refractivity contribution >= 4 is 46.8 Å². The number of rotatable bonds is 3. The zero-order chi connectivity index (χ0) is 12.0. The first-order valence-corrected chi connectivity index (χ1v) is 5.61. The summed E-state index contributed by atoms with van der Waals surface area (Å²) in [6.45, 7) is 0. The van der Waals surface area contributed by atoms with Crippen LogP contribution in [0.2, 0.25) is 0 Å². The molecule has 0 aliphatic rings. The van der Waals surface area contributed by atoms with E-state index in [0.29, 0.717) is 0 Å². The summed E-state index contributed by atoms with van der Waals surface area (Å²) < 4.78 is 2.49. The monoisotopic (exact) mass is 278 g/mol. The van der Waals surface area contributed by atoms with Crippen LogP contribution in [0.15, 0.2) is 36.4 Å². The molecule has 1 rings (SSSR count). The van der Waals surface area contributed by atoms with Crippen molar-refractivity contribution in [2.45, 2.75) is 10.4 Å². The van der Waals surface area contributed by atoms with Gasteiger partial charge in [-0.25, -0.2) is 0 Å². The Morgan fingerprint density at radius 1 is 1.25 bits per heavy atom. The Bertz CT molecular complexity index is 369. The minimum atomic E-state index is -1.99. The predicted molar refractivity (Wildman–Crippen MR) is 66.5 cm³/mol. The van der Waals surface area contributed by atoms with Crippen molar-refractivity contribution in [2.24, 2.45) is 0 Å². The molecule has 0 aromatic heterocycles. The topological polar surface area (TPSA) is 26.3 Å². The lowest BCUT2D eigenvalue weighted by Crippen LogP contribution is -2.14. The zero-order valence-electron chi connectivity index (χ0n) is 8.20. The third-order valence-corrected chi connectivity index (χ3v) is 1.86. The summed E-state index contributed by atoms with van der Waals surface area (Å²) in [6, 6.07) is 9.54. The van der Waals surface area contributed by atoms with Crippen LogP contribution in [0, 0.1) is 0 Å². The standard InChI is InChI=1S/C11H9Cl3O2/c12-11(13,14)16-10(15)8-4-7-9-5-2-1-3-6-9/h1-7H,8H2. The number of hydrogen-bond acceptors (Lipinski definition) is 2. The molecule has 0 amide bonds. The molecule has 86 valence electrons. The zero-order valence-corrected chi connectivity index (χ0v) is 10.5. The van der Waals surface area contributed by atoms with Crippen LogP contribution in [0.1, 0.15) is 12.0 Å². The maximum Gasteiger partial charge on any atom is 0.340 e. The average molecular weight is 280 g/mol. The van der Waals surface area contributed by atoms with E-state index >= 15 is 0 Å². The van der Waals surface area contributed by atoms with Crippen LogP contribution >= 0.6 is 34.8 Å². The summed E-state index contributed by atoms with van der Waals surface area (Å²) in [7, 11) is 0. The van der Waals surface area contributed by atoms with Crippen molar-refractivity contribution in [1.82, 2.24) is 0 Å². The van der Waals surface area contributed by atoms with E-state index in [2.05, 4.69) is 4.74 Å². The third-order valence-electron chi connectivity index (χ3n) is 1.62. The summed E-state index contributed by atoms with van der Waals surface area (Å²) in [4.78, 5) is 11.1. The number of benzene rings is 1. The largest absolute Gasteiger partial charge is 0.414 e. The quantitative estimate of drug-likeness (QED) is 0.618. The van der Waals surface area contributed by atoms with Crippen LogP contribution in [0.25, 0.3) is 6.08 Å². The fourth-order valence-corrected chi connectivity index (χ4v) is 1.28. The summed E-state index contributed by atoms with van der Waals surface area (Å²) >= 11 is 15.9. The summed E-state index contributed by atoms with van der Waals surface area (Å²) in [5, 5.41) is 0. The highest BCUT2D eigenvalue weighted by atomic mass is 35.6. The first-order chi connectivity index (χ1) is 7.47. The van der Waals surface area contributed by atoms with Gasteiger partial charge in [-0.1, -0.05) is 42.5 Å². The molecule has 5 heteroatoms. The summed E-state index contributed by atoms with van der Waals surface area (Å²) in [5.74, 6) is -0.591. The van der Waals surface area contributed by atoms with Crippen LogP contribution < -0.4 is 0 Å². The number of ether oxygens (including phenoxy) is 1. The van der Waals surface area contributed by atoms with Crippen molar-refractivity contribution in [1.29, 1.82) is 0 Å². The van der Waals surface area contributed by atoms with Crippen molar-refractivity contribution in [3.05, 3.63) is 42.0 Å². The van der Waals surface area contributed by atoms with E-state index in [-0.39, 0.29) is 6.42 Å². The van der Waals surface area contributed by atoms with Crippen molar-refractivity contribution < 1.29 is 9.53 Å². The van der Waals surface area contributed by atoms with E-state index in [1.807, 2.05) is 30.3 Å². The molecular formula is C11H9Cl3O2. The minimum Gasteiger partial charge on any atom is -0.414 e. The van der Waals surface area contributed by atoms with Gasteiger partial charge in [0.15, 0.2) is 0 Å². The van der Waals surface area contributed by atoms with E-state index in [0.717, 1.165) is 5.56 Å². The molecule has 1 aromatic rings. The number of carbonyl (C=O) groups is 1. The first kappa shape index (κ1) is 13.4. The van der Waals surface area contributed by atoms with E-state index in [9.17, 15) is 4.79 Å². The lowest BCUT2D eigenvalue weighted by molar-refractivity contribution is -0.143. The smallest absolute Gasteiger partial charge is 0.340 e. The number of hydrogen-bond donors (Lipinski definition) is 0. The molecule has 16 heavy (non-hydrogen) atoms. The Morgan fingerprint density at radius 2 is 1.88 bits per heavy atom. The fourth-order valence-electron chi connectivity index (χ4n) is 1.03. The van der Waals surface area contributed by atoms with Crippen LogP contribution in [0.4, 0.5) is 0 Å². The SMILES string of the molecule is O=C(CC=Cc1ccccc1)OC(Cl)(Cl)Cl. The Labute approximate surface area is 109 Å². The molecule has 0 spiro atoms. The molecule has 0 heterocycles. The van der Waals surface area contributed by atoms with Gasteiger partial charge in [-0.3, -0.25) is 4.79 Å². The molecule has 2 nitrogen and oxygen atoms in total. The van der Waals surface area contributed by atoms with Gasteiger partial charge in [-0.2, -0.15) is 0 Å². The lowest BCUT2D eigenvalue weighted by atomic mass is 10.2. The van der Waals surface area contributed by atoms with E-state index in [1.54, 1.807) is 12.2 Å². The lowest BCUT2D eigenvalue weighted by Gasteiger charge is -2.10. The Morgan fingerprint density at radius 3 is 2.44 bits per heavy atom. The molecule has 0 atom stereocenters. The molecular weight excluding hydrogens is 270 g/mol. The Hall–Kier alpha value is -0.700. The second-order valence-corrected chi connectivity index (χ2v) is 5.11. The molecule has 0 radical (unpaired) electrons. The number of esters is 1. The molecule has 1 aromatic carbocycles. The normalized spacial score (nSPS) is 11.7. The maximum atomic E-state index is 11.1. The Kier molecular flexibility index (Phi) is 5.13.